The molecule has 5 heteroatoms. The highest BCUT2D eigenvalue weighted by Gasteiger charge is 2.31. The third kappa shape index (κ3) is 2.31. The molecule has 1 aromatic heterocycles. The van der Waals surface area contributed by atoms with E-state index in [9.17, 15) is 8.78 Å². The fourth-order valence-corrected chi connectivity index (χ4v) is 1.42. The van der Waals surface area contributed by atoms with Gasteiger partial charge in [0, 0.05) is 5.56 Å². The van der Waals surface area contributed by atoms with E-state index in [1.165, 1.54) is 0 Å². The molecule has 2 aromatic rings. The highest BCUT2D eigenvalue weighted by molar-refractivity contribution is 5.53. The van der Waals surface area contributed by atoms with Gasteiger partial charge in [0.1, 0.15) is 6.26 Å². The summed E-state index contributed by atoms with van der Waals surface area (Å²) < 4.78 is 31.5. The molecule has 2 rings (SSSR count). The second-order valence-electron chi connectivity index (χ2n) is 3.72. The van der Waals surface area contributed by atoms with Crippen LogP contribution < -0.4 is 0 Å². The molecule has 0 aliphatic heterocycles. The summed E-state index contributed by atoms with van der Waals surface area (Å²) in [6.45, 7) is 2.98. The van der Waals surface area contributed by atoms with Crippen molar-refractivity contribution in [2.45, 2.75) is 12.5 Å². The van der Waals surface area contributed by atoms with E-state index in [4.69, 9.17) is 9.52 Å². The zero-order chi connectivity index (χ0) is 13.2. The third-order valence-electron chi connectivity index (χ3n) is 2.49. The van der Waals surface area contributed by atoms with E-state index in [-0.39, 0.29) is 12.5 Å². The Balaban J connectivity index is 2.31. The van der Waals surface area contributed by atoms with Gasteiger partial charge in [0.2, 0.25) is 5.89 Å². The number of aliphatic hydroxyl groups excluding tert-OH is 1. The van der Waals surface area contributed by atoms with Crippen molar-refractivity contribution in [1.82, 2.24) is 4.98 Å². The van der Waals surface area contributed by atoms with Gasteiger partial charge >= 0.3 is 5.92 Å². The van der Waals surface area contributed by atoms with Gasteiger partial charge in [0.05, 0.1) is 6.61 Å². The van der Waals surface area contributed by atoms with Crippen molar-refractivity contribution in [3.63, 3.8) is 0 Å². The van der Waals surface area contributed by atoms with E-state index in [1.807, 2.05) is 0 Å². The molecular formula is C13H11F2NO2. The predicted molar refractivity (Wildman–Crippen MR) is 62.0 cm³/mol. The minimum atomic E-state index is -3.20. The van der Waals surface area contributed by atoms with Crippen molar-refractivity contribution in [1.29, 1.82) is 0 Å². The minimum absolute atomic E-state index is 0.0777. The first-order chi connectivity index (χ1) is 8.56. The number of aromatic nitrogens is 1. The quantitative estimate of drug-likeness (QED) is 0.849. The molecule has 0 radical (unpaired) electrons. The lowest BCUT2D eigenvalue weighted by atomic mass is 10.1. The molecule has 0 aliphatic carbocycles. The number of benzene rings is 1. The number of hydrogen-bond acceptors (Lipinski definition) is 3. The molecule has 0 spiro atoms. The van der Waals surface area contributed by atoms with Crippen LogP contribution in [-0.2, 0) is 12.5 Å². The largest absolute Gasteiger partial charge is 0.444 e. The standard InChI is InChI=1S/C13H11F2NO2/c1-2-13(14,15)11-8-18-12(16-11)10-5-3-9(7-17)4-6-10/h2-6,8,17H,1,7H2. The fourth-order valence-electron chi connectivity index (χ4n) is 1.42. The summed E-state index contributed by atoms with van der Waals surface area (Å²) in [6.07, 6.45) is 1.43. The van der Waals surface area contributed by atoms with Crippen LogP contribution >= 0.6 is 0 Å². The van der Waals surface area contributed by atoms with E-state index in [1.54, 1.807) is 24.3 Å². The molecule has 0 saturated carbocycles. The first-order valence-electron chi connectivity index (χ1n) is 5.24. The Labute approximate surface area is 102 Å². The highest BCUT2D eigenvalue weighted by atomic mass is 19.3. The van der Waals surface area contributed by atoms with E-state index in [0.717, 1.165) is 11.8 Å². The summed E-state index contributed by atoms with van der Waals surface area (Å²) in [6, 6.07) is 6.64. The van der Waals surface area contributed by atoms with Crippen molar-refractivity contribution < 1.29 is 18.3 Å². The monoisotopic (exact) mass is 251 g/mol. The van der Waals surface area contributed by atoms with Gasteiger partial charge in [0.15, 0.2) is 5.69 Å². The molecule has 0 bridgehead atoms. The van der Waals surface area contributed by atoms with Crippen LogP contribution in [-0.4, -0.2) is 10.1 Å². The van der Waals surface area contributed by atoms with Gasteiger partial charge in [0.25, 0.3) is 0 Å². The van der Waals surface area contributed by atoms with Crippen LogP contribution in [0.5, 0.6) is 0 Å². The average molecular weight is 251 g/mol. The smallest absolute Gasteiger partial charge is 0.311 e. The lowest BCUT2D eigenvalue weighted by Crippen LogP contribution is -2.08. The third-order valence-corrected chi connectivity index (χ3v) is 2.49. The summed E-state index contributed by atoms with van der Waals surface area (Å²) in [5.74, 6) is -3.09. The Morgan fingerprint density at radius 1 is 1.33 bits per heavy atom. The Kier molecular flexibility index (Phi) is 3.25. The number of alkyl halides is 2. The Morgan fingerprint density at radius 2 is 2.00 bits per heavy atom. The van der Waals surface area contributed by atoms with Crippen molar-refractivity contribution >= 4 is 0 Å². The van der Waals surface area contributed by atoms with Gasteiger partial charge in [-0.2, -0.15) is 8.78 Å². The van der Waals surface area contributed by atoms with E-state index in [2.05, 4.69) is 11.6 Å². The maximum absolute atomic E-state index is 13.3. The van der Waals surface area contributed by atoms with Crippen LogP contribution in [0, 0.1) is 0 Å². The number of nitrogens with zero attached hydrogens (tertiary/aromatic N) is 1. The zero-order valence-electron chi connectivity index (χ0n) is 9.44. The predicted octanol–water partition coefficient (Wildman–Crippen LogP) is 3.11. The molecular weight excluding hydrogens is 240 g/mol. The second kappa shape index (κ2) is 4.70. The maximum atomic E-state index is 13.3. The Morgan fingerprint density at radius 3 is 2.56 bits per heavy atom. The topological polar surface area (TPSA) is 46.3 Å². The normalized spacial score (nSPS) is 11.5. The van der Waals surface area contributed by atoms with Crippen LogP contribution in [0.2, 0.25) is 0 Å². The molecule has 0 saturated heterocycles. The summed E-state index contributed by atoms with van der Waals surface area (Å²) in [4.78, 5) is 3.73. The number of rotatable bonds is 4. The fraction of sp³-hybridized carbons (Fsp3) is 0.154. The summed E-state index contributed by atoms with van der Waals surface area (Å²) >= 11 is 0. The van der Waals surface area contributed by atoms with Gasteiger partial charge in [-0.1, -0.05) is 18.7 Å². The van der Waals surface area contributed by atoms with E-state index < -0.39 is 11.6 Å². The molecule has 18 heavy (non-hydrogen) atoms. The van der Waals surface area contributed by atoms with E-state index in [0.29, 0.717) is 11.6 Å². The Hall–Kier alpha value is -2.01. The minimum Gasteiger partial charge on any atom is -0.444 e. The molecule has 3 nitrogen and oxygen atoms in total. The molecule has 94 valence electrons. The van der Waals surface area contributed by atoms with Gasteiger partial charge in [-0.25, -0.2) is 4.98 Å². The average Bonchev–Trinajstić information content (AvgIpc) is 2.89. The highest BCUT2D eigenvalue weighted by Crippen LogP contribution is 2.30. The summed E-state index contributed by atoms with van der Waals surface area (Å²) in [5, 5.41) is 8.89. The molecule has 0 fully saturated rings. The van der Waals surface area contributed by atoms with Gasteiger partial charge < -0.3 is 9.52 Å². The number of halogens is 2. The number of allylic oxidation sites excluding steroid dienone is 1. The molecule has 0 amide bonds. The lowest BCUT2D eigenvalue weighted by molar-refractivity contribution is 0.0476. The van der Waals surface area contributed by atoms with Crippen molar-refractivity contribution in [2.75, 3.05) is 0 Å². The second-order valence-corrected chi connectivity index (χ2v) is 3.72. The molecule has 0 atom stereocenters. The maximum Gasteiger partial charge on any atom is 0.311 e. The van der Waals surface area contributed by atoms with Crippen molar-refractivity contribution in [3.05, 3.63) is 54.4 Å². The number of hydrogen-bond donors (Lipinski definition) is 1. The summed E-state index contributed by atoms with van der Waals surface area (Å²) in [5.41, 5.74) is 0.819. The van der Waals surface area contributed by atoms with Crippen molar-refractivity contribution in [3.8, 4) is 11.5 Å². The summed E-state index contributed by atoms with van der Waals surface area (Å²) in [7, 11) is 0. The van der Waals surface area contributed by atoms with Crippen LogP contribution in [0.15, 0.2) is 47.6 Å². The number of oxazole rings is 1. The van der Waals surface area contributed by atoms with Gasteiger partial charge in [-0.15, -0.1) is 0 Å². The van der Waals surface area contributed by atoms with Crippen molar-refractivity contribution in [2.24, 2.45) is 0 Å². The van der Waals surface area contributed by atoms with Crippen LogP contribution in [0.25, 0.3) is 11.5 Å². The van der Waals surface area contributed by atoms with Crippen LogP contribution in [0.3, 0.4) is 0 Å². The molecule has 1 heterocycles. The first-order valence-corrected chi connectivity index (χ1v) is 5.24. The molecule has 1 N–H and O–H groups in total. The number of aliphatic hydroxyl groups is 1. The van der Waals surface area contributed by atoms with Crippen LogP contribution in [0.4, 0.5) is 8.78 Å². The SMILES string of the molecule is C=CC(F)(F)c1coc(-c2ccc(CO)cc2)n1. The molecule has 0 unspecified atom stereocenters. The van der Waals surface area contributed by atoms with Gasteiger partial charge in [-0.3, -0.25) is 0 Å². The molecule has 1 aromatic carbocycles. The Bertz CT molecular complexity index is 546. The first kappa shape index (κ1) is 12.4. The van der Waals surface area contributed by atoms with Gasteiger partial charge in [-0.05, 0) is 23.8 Å². The lowest BCUT2D eigenvalue weighted by Gasteiger charge is -2.05. The van der Waals surface area contributed by atoms with Crippen LogP contribution in [0.1, 0.15) is 11.3 Å². The molecule has 0 aliphatic rings. The zero-order valence-corrected chi connectivity index (χ0v) is 9.44. The van der Waals surface area contributed by atoms with E-state index >= 15 is 0 Å².